The van der Waals surface area contributed by atoms with Gasteiger partial charge < -0.3 is 15.0 Å². The third kappa shape index (κ3) is 7.21. The van der Waals surface area contributed by atoms with E-state index in [1.165, 1.54) is 4.90 Å². The Labute approximate surface area is 202 Å². The molecule has 34 heavy (non-hydrogen) atoms. The van der Waals surface area contributed by atoms with E-state index in [4.69, 9.17) is 4.74 Å². The molecule has 0 aliphatic carbocycles. The monoisotopic (exact) mass is 489 g/mol. The number of ether oxygens (including phenoxy) is 1. The van der Waals surface area contributed by atoms with Gasteiger partial charge in [0.2, 0.25) is 21.8 Å². The SMILES string of the molecule is COc1cccc(CN(C(=O)CN(c2cc(C)ccc2C)S(C)(=O)=O)C(C)C(=O)NC(C)C)c1. The molecule has 0 heterocycles. The molecule has 0 fully saturated rings. The minimum atomic E-state index is -3.77. The Morgan fingerprint density at radius 2 is 1.74 bits per heavy atom. The van der Waals surface area contributed by atoms with Crippen molar-refractivity contribution in [3.63, 3.8) is 0 Å². The lowest BCUT2D eigenvalue weighted by Crippen LogP contribution is -2.52. The number of anilines is 1. The van der Waals surface area contributed by atoms with Crippen molar-refractivity contribution < 1.29 is 22.7 Å². The molecule has 0 aromatic heterocycles. The first kappa shape index (κ1) is 27.2. The van der Waals surface area contributed by atoms with Gasteiger partial charge >= 0.3 is 0 Å². The zero-order chi connectivity index (χ0) is 25.6. The van der Waals surface area contributed by atoms with Gasteiger partial charge in [0.25, 0.3) is 0 Å². The second kappa shape index (κ2) is 11.4. The molecule has 2 amide bonds. The summed E-state index contributed by atoms with van der Waals surface area (Å²) in [4.78, 5) is 27.8. The van der Waals surface area contributed by atoms with Crippen molar-refractivity contribution in [2.45, 2.75) is 53.2 Å². The molecule has 1 atom stereocenters. The number of methoxy groups -OCH3 is 1. The predicted molar refractivity (Wildman–Crippen MR) is 134 cm³/mol. The van der Waals surface area contributed by atoms with E-state index in [1.807, 2.05) is 39.0 Å². The molecule has 9 heteroatoms. The first-order valence-electron chi connectivity index (χ1n) is 11.1. The van der Waals surface area contributed by atoms with Gasteiger partial charge in [-0.3, -0.25) is 13.9 Å². The van der Waals surface area contributed by atoms with Crippen LogP contribution in [0.1, 0.15) is 37.5 Å². The second-order valence-electron chi connectivity index (χ2n) is 8.77. The largest absolute Gasteiger partial charge is 0.497 e. The van der Waals surface area contributed by atoms with Crippen LogP contribution in [0.5, 0.6) is 5.75 Å². The summed E-state index contributed by atoms with van der Waals surface area (Å²) < 4.78 is 31.8. The van der Waals surface area contributed by atoms with Crippen molar-refractivity contribution in [2.75, 3.05) is 24.2 Å². The number of hydrogen-bond donors (Lipinski definition) is 1. The molecular formula is C25H35N3O5S. The lowest BCUT2D eigenvalue weighted by molar-refractivity contribution is -0.139. The molecule has 0 saturated heterocycles. The summed E-state index contributed by atoms with van der Waals surface area (Å²) in [6, 6.07) is 11.7. The van der Waals surface area contributed by atoms with Crippen LogP contribution < -0.4 is 14.4 Å². The number of hydrogen-bond acceptors (Lipinski definition) is 5. The summed E-state index contributed by atoms with van der Waals surface area (Å²) in [5.74, 6) is -0.179. The van der Waals surface area contributed by atoms with E-state index in [2.05, 4.69) is 5.32 Å². The van der Waals surface area contributed by atoms with Crippen LogP contribution >= 0.6 is 0 Å². The highest BCUT2D eigenvalue weighted by Crippen LogP contribution is 2.25. The molecule has 1 N–H and O–H groups in total. The predicted octanol–water partition coefficient (Wildman–Crippen LogP) is 3.02. The van der Waals surface area contributed by atoms with Gasteiger partial charge in [-0.05, 0) is 69.5 Å². The Hall–Kier alpha value is -3.07. The van der Waals surface area contributed by atoms with E-state index in [0.29, 0.717) is 11.4 Å². The minimum Gasteiger partial charge on any atom is -0.497 e. The zero-order valence-corrected chi connectivity index (χ0v) is 21.8. The fourth-order valence-corrected chi connectivity index (χ4v) is 4.44. The Balaban J connectivity index is 2.45. The van der Waals surface area contributed by atoms with Gasteiger partial charge in [0.05, 0.1) is 19.1 Å². The molecule has 2 aromatic rings. The molecule has 0 spiro atoms. The Morgan fingerprint density at radius 3 is 2.32 bits per heavy atom. The van der Waals surface area contributed by atoms with Crippen molar-refractivity contribution in [3.8, 4) is 5.75 Å². The highest BCUT2D eigenvalue weighted by atomic mass is 32.2. The standard InChI is InChI=1S/C25H35N3O5S/c1-17(2)26-25(30)20(5)27(15-21-9-8-10-22(14-21)33-6)24(29)16-28(34(7,31)32)23-13-18(3)11-12-19(23)4/h8-14,17,20H,15-16H2,1-7H3,(H,26,30). The van der Waals surface area contributed by atoms with Crippen LogP contribution in [0.4, 0.5) is 5.69 Å². The van der Waals surface area contributed by atoms with E-state index >= 15 is 0 Å². The number of aryl methyl sites for hydroxylation is 2. The summed E-state index contributed by atoms with van der Waals surface area (Å²) >= 11 is 0. The number of amides is 2. The molecule has 1 unspecified atom stereocenters. The fraction of sp³-hybridized carbons (Fsp3) is 0.440. The highest BCUT2D eigenvalue weighted by molar-refractivity contribution is 7.92. The van der Waals surface area contributed by atoms with Crippen molar-refractivity contribution >= 4 is 27.5 Å². The van der Waals surface area contributed by atoms with Crippen LogP contribution in [-0.4, -0.2) is 57.1 Å². The molecule has 8 nitrogen and oxygen atoms in total. The Bertz CT molecular complexity index is 1130. The molecule has 0 aliphatic heterocycles. The molecule has 0 saturated carbocycles. The van der Waals surface area contributed by atoms with Gasteiger partial charge in [-0.2, -0.15) is 0 Å². The van der Waals surface area contributed by atoms with E-state index < -0.39 is 28.5 Å². The van der Waals surface area contributed by atoms with Gasteiger partial charge in [-0.15, -0.1) is 0 Å². The number of carbonyl (C=O) groups excluding carboxylic acids is 2. The van der Waals surface area contributed by atoms with Crippen LogP contribution in [0.3, 0.4) is 0 Å². The molecule has 0 radical (unpaired) electrons. The van der Waals surface area contributed by atoms with E-state index in [-0.39, 0.29) is 18.5 Å². The third-order valence-electron chi connectivity index (χ3n) is 5.40. The quantitative estimate of drug-likeness (QED) is 0.554. The maximum absolute atomic E-state index is 13.6. The summed E-state index contributed by atoms with van der Waals surface area (Å²) in [5, 5.41) is 2.83. The lowest BCUT2D eigenvalue weighted by atomic mass is 10.1. The average molecular weight is 490 g/mol. The number of nitrogens with one attached hydrogen (secondary N) is 1. The first-order valence-corrected chi connectivity index (χ1v) is 13.0. The van der Waals surface area contributed by atoms with E-state index in [1.54, 1.807) is 45.2 Å². The van der Waals surface area contributed by atoms with Gasteiger partial charge in [-0.1, -0.05) is 24.3 Å². The number of carbonyl (C=O) groups is 2. The van der Waals surface area contributed by atoms with E-state index in [9.17, 15) is 18.0 Å². The molecule has 2 rings (SSSR count). The molecular weight excluding hydrogens is 454 g/mol. The third-order valence-corrected chi connectivity index (χ3v) is 6.52. The van der Waals surface area contributed by atoms with E-state index in [0.717, 1.165) is 27.3 Å². The number of sulfonamides is 1. The molecule has 2 aromatic carbocycles. The van der Waals surface area contributed by atoms with Gasteiger partial charge in [0, 0.05) is 12.6 Å². The molecule has 186 valence electrons. The summed E-state index contributed by atoms with van der Waals surface area (Å²) in [7, 11) is -2.22. The van der Waals surface area contributed by atoms with Gasteiger partial charge in [-0.25, -0.2) is 8.42 Å². The number of benzene rings is 2. The van der Waals surface area contributed by atoms with Crippen molar-refractivity contribution in [1.29, 1.82) is 0 Å². The summed E-state index contributed by atoms with van der Waals surface area (Å²) in [6.07, 6.45) is 1.07. The van der Waals surface area contributed by atoms with Crippen LogP contribution in [0.15, 0.2) is 42.5 Å². The van der Waals surface area contributed by atoms with Crippen LogP contribution in [0, 0.1) is 13.8 Å². The van der Waals surface area contributed by atoms with Crippen molar-refractivity contribution in [2.24, 2.45) is 0 Å². The molecule has 0 bridgehead atoms. The smallest absolute Gasteiger partial charge is 0.244 e. The zero-order valence-electron chi connectivity index (χ0n) is 21.0. The minimum absolute atomic E-state index is 0.105. The van der Waals surface area contributed by atoms with Crippen LogP contribution in [-0.2, 0) is 26.2 Å². The van der Waals surface area contributed by atoms with Crippen molar-refractivity contribution in [1.82, 2.24) is 10.2 Å². The van der Waals surface area contributed by atoms with Gasteiger partial charge in [0.1, 0.15) is 18.3 Å². The number of rotatable bonds is 10. The first-order chi connectivity index (χ1) is 15.8. The van der Waals surface area contributed by atoms with Gasteiger partial charge in [0.15, 0.2) is 0 Å². The Morgan fingerprint density at radius 1 is 1.06 bits per heavy atom. The lowest BCUT2D eigenvalue weighted by Gasteiger charge is -2.32. The summed E-state index contributed by atoms with van der Waals surface area (Å²) in [6.45, 7) is 8.66. The highest BCUT2D eigenvalue weighted by Gasteiger charge is 2.30. The van der Waals surface area contributed by atoms with Crippen molar-refractivity contribution in [3.05, 3.63) is 59.2 Å². The van der Waals surface area contributed by atoms with Crippen LogP contribution in [0.2, 0.25) is 0 Å². The fourth-order valence-electron chi connectivity index (χ4n) is 3.54. The Kier molecular flexibility index (Phi) is 9.09. The number of nitrogens with zero attached hydrogens (tertiary/aromatic N) is 2. The molecule has 0 aliphatic rings. The summed E-state index contributed by atoms with van der Waals surface area (Å²) in [5.41, 5.74) is 2.80. The maximum Gasteiger partial charge on any atom is 0.244 e. The van der Waals surface area contributed by atoms with Crippen LogP contribution in [0.25, 0.3) is 0 Å². The average Bonchev–Trinajstić information content (AvgIpc) is 2.75. The second-order valence-corrected chi connectivity index (χ2v) is 10.7. The topological polar surface area (TPSA) is 96.0 Å². The normalized spacial score (nSPS) is 12.2. The maximum atomic E-state index is 13.6.